The van der Waals surface area contributed by atoms with Crippen LogP contribution in [-0.2, 0) is 11.8 Å². The van der Waals surface area contributed by atoms with Gasteiger partial charge in [-0.3, -0.25) is 5.32 Å². The molecule has 0 spiro atoms. The lowest BCUT2D eigenvalue weighted by atomic mass is 9.87. The number of aromatic nitrogens is 4. The molecule has 0 aliphatic carbocycles. The Morgan fingerprint density at radius 2 is 2.00 bits per heavy atom. The first-order valence-electron chi connectivity index (χ1n) is 5.24. The van der Waals surface area contributed by atoms with Gasteiger partial charge in [0.1, 0.15) is 6.04 Å². The number of urea groups is 1. The lowest BCUT2D eigenvalue weighted by molar-refractivity contribution is -0.141. The predicted molar refractivity (Wildman–Crippen MR) is 61.8 cm³/mol. The third-order valence-corrected chi connectivity index (χ3v) is 2.12. The molecule has 0 aliphatic heterocycles. The van der Waals surface area contributed by atoms with Gasteiger partial charge in [-0.05, 0) is 10.6 Å². The number of rotatable bonds is 3. The zero-order valence-corrected chi connectivity index (χ0v) is 10.6. The molecular weight excluding hydrogens is 240 g/mol. The summed E-state index contributed by atoms with van der Waals surface area (Å²) in [7, 11) is 1.55. The molecule has 18 heavy (non-hydrogen) atoms. The van der Waals surface area contributed by atoms with Crippen LogP contribution in [0.1, 0.15) is 20.8 Å². The summed E-state index contributed by atoms with van der Waals surface area (Å²) in [6.45, 7) is 5.14. The molecule has 0 fully saturated rings. The fourth-order valence-electron chi connectivity index (χ4n) is 1.25. The zero-order valence-electron chi connectivity index (χ0n) is 10.6. The molecule has 1 rings (SSSR count). The van der Waals surface area contributed by atoms with E-state index >= 15 is 0 Å². The quantitative estimate of drug-likeness (QED) is 0.690. The summed E-state index contributed by atoms with van der Waals surface area (Å²) in [5, 5.41) is 24.5. The van der Waals surface area contributed by atoms with Crippen molar-refractivity contribution in [1.29, 1.82) is 0 Å². The molecule has 1 aromatic heterocycles. The number of hydrogen-bond donors (Lipinski definition) is 3. The van der Waals surface area contributed by atoms with Gasteiger partial charge in [0.05, 0.1) is 7.05 Å². The Morgan fingerprint density at radius 3 is 2.39 bits per heavy atom. The minimum absolute atomic E-state index is 0.00745. The van der Waals surface area contributed by atoms with Crippen molar-refractivity contribution in [2.24, 2.45) is 12.5 Å². The van der Waals surface area contributed by atoms with Gasteiger partial charge in [0.25, 0.3) is 5.95 Å². The molecular formula is C9H16N6O3. The van der Waals surface area contributed by atoms with Crippen molar-refractivity contribution in [2.75, 3.05) is 5.32 Å². The SMILES string of the molecule is Cn1nnc(NC(=O)N[C@H](C(=O)O)C(C)(C)C)n1. The number of nitrogens with zero attached hydrogens (tertiary/aromatic N) is 4. The minimum atomic E-state index is -1.11. The van der Waals surface area contributed by atoms with E-state index in [-0.39, 0.29) is 5.95 Å². The largest absolute Gasteiger partial charge is 0.480 e. The molecule has 9 heteroatoms. The van der Waals surface area contributed by atoms with E-state index in [4.69, 9.17) is 5.11 Å². The maximum Gasteiger partial charge on any atom is 0.326 e. The van der Waals surface area contributed by atoms with Crippen molar-refractivity contribution in [2.45, 2.75) is 26.8 Å². The maximum atomic E-state index is 11.6. The molecule has 0 aliphatic rings. The fraction of sp³-hybridized carbons (Fsp3) is 0.667. The first-order chi connectivity index (χ1) is 8.20. The topological polar surface area (TPSA) is 122 Å². The third-order valence-electron chi connectivity index (χ3n) is 2.12. The van der Waals surface area contributed by atoms with E-state index in [0.717, 1.165) is 0 Å². The number of aryl methyl sites for hydroxylation is 1. The Kier molecular flexibility index (Phi) is 3.84. The highest BCUT2D eigenvalue weighted by atomic mass is 16.4. The zero-order chi connectivity index (χ0) is 13.9. The van der Waals surface area contributed by atoms with Gasteiger partial charge in [0, 0.05) is 0 Å². The number of aliphatic carboxylic acids is 1. The second kappa shape index (κ2) is 4.98. The molecule has 100 valence electrons. The molecule has 0 unspecified atom stereocenters. The number of carboxylic acid groups (broad SMARTS) is 1. The second-order valence-electron chi connectivity index (χ2n) is 4.84. The van der Waals surface area contributed by atoms with Crippen molar-refractivity contribution < 1.29 is 14.7 Å². The molecule has 0 saturated heterocycles. The fourth-order valence-corrected chi connectivity index (χ4v) is 1.25. The first kappa shape index (κ1) is 13.9. The normalized spacial score (nSPS) is 12.9. The van der Waals surface area contributed by atoms with E-state index in [0.29, 0.717) is 0 Å². The summed E-state index contributed by atoms with van der Waals surface area (Å²) in [6.07, 6.45) is 0. The molecule has 1 atom stereocenters. The maximum absolute atomic E-state index is 11.6. The molecule has 2 amide bonds. The van der Waals surface area contributed by atoms with Crippen LogP contribution in [0, 0.1) is 5.41 Å². The summed E-state index contributed by atoms with van der Waals surface area (Å²) < 4.78 is 0. The monoisotopic (exact) mass is 256 g/mol. The van der Waals surface area contributed by atoms with Crippen molar-refractivity contribution in [3.63, 3.8) is 0 Å². The molecule has 9 nitrogen and oxygen atoms in total. The van der Waals surface area contributed by atoms with Gasteiger partial charge in [0.15, 0.2) is 0 Å². The van der Waals surface area contributed by atoms with Crippen LogP contribution in [0.2, 0.25) is 0 Å². The number of tetrazole rings is 1. The van der Waals surface area contributed by atoms with Gasteiger partial charge in [-0.2, -0.15) is 4.80 Å². The molecule has 1 heterocycles. The summed E-state index contributed by atoms with van der Waals surface area (Å²) >= 11 is 0. The standard InChI is InChI=1S/C9H16N6O3/c1-9(2,3)5(6(16)17)10-8(18)11-7-12-14-15(4)13-7/h5H,1-4H3,(H,16,17)(H2,10,11,13,18)/t5-/m1/s1. The van der Waals surface area contributed by atoms with Gasteiger partial charge in [-0.1, -0.05) is 25.9 Å². The van der Waals surface area contributed by atoms with Crippen molar-refractivity contribution >= 4 is 17.9 Å². The Bertz CT molecular complexity index is 449. The van der Waals surface area contributed by atoms with E-state index in [1.807, 2.05) is 0 Å². The van der Waals surface area contributed by atoms with Gasteiger partial charge >= 0.3 is 12.0 Å². The van der Waals surface area contributed by atoms with E-state index in [1.54, 1.807) is 27.8 Å². The van der Waals surface area contributed by atoms with Gasteiger partial charge in [0.2, 0.25) is 0 Å². The smallest absolute Gasteiger partial charge is 0.326 e. The number of amides is 2. The van der Waals surface area contributed by atoms with Crippen LogP contribution in [0.15, 0.2) is 0 Å². The number of nitrogens with one attached hydrogen (secondary N) is 2. The Hall–Kier alpha value is -2.19. The van der Waals surface area contributed by atoms with Crippen molar-refractivity contribution in [1.82, 2.24) is 25.5 Å². The summed E-state index contributed by atoms with van der Waals surface area (Å²) in [4.78, 5) is 23.8. The Labute approximate surface area is 104 Å². The molecule has 1 aromatic rings. The number of carbonyl (C=O) groups is 2. The van der Waals surface area contributed by atoms with Crippen LogP contribution in [0.5, 0.6) is 0 Å². The number of carboxylic acids is 1. The van der Waals surface area contributed by atoms with Crippen LogP contribution in [0.25, 0.3) is 0 Å². The number of carbonyl (C=O) groups excluding carboxylic acids is 1. The highest BCUT2D eigenvalue weighted by molar-refractivity contribution is 5.91. The highest BCUT2D eigenvalue weighted by Gasteiger charge is 2.32. The number of anilines is 1. The minimum Gasteiger partial charge on any atom is -0.480 e. The van der Waals surface area contributed by atoms with Crippen LogP contribution in [-0.4, -0.2) is 43.4 Å². The van der Waals surface area contributed by atoms with Crippen molar-refractivity contribution in [3.05, 3.63) is 0 Å². The van der Waals surface area contributed by atoms with E-state index in [2.05, 4.69) is 26.0 Å². The van der Waals surface area contributed by atoms with Crippen molar-refractivity contribution in [3.8, 4) is 0 Å². The average Bonchev–Trinajstić information content (AvgIpc) is 2.58. The van der Waals surface area contributed by atoms with Crippen LogP contribution < -0.4 is 10.6 Å². The van der Waals surface area contributed by atoms with Crippen LogP contribution in [0.4, 0.5) is 10.7 Å². The molecule has 0 radical (unpaired) electrons. The average molecular weight is 256 g/mol. The molecule has 0 bridgehead atoms. The molecule has 3 N–H and O–H groups in total. The Morgan fingerprint density at radius 1 is 1.39 bits per heavy atom. The summed E-state index contributed by atoms with van der Waals surface area (Å²) in [6, 6.07) is -1.71. The van der Waals surface area contributed by atoms with Crippen LogP contribution in [0.3, 0.4) is 0 Å². The number of hydrogen-bond acceptors (Lipinski definition) is 5. The second-order valence-corrected chi connectivity index (χ2v) is 4.84. The predicted octanol–water partition coefficient (Wildman–Crippen LogP) is -0.169. The summed E-state index contributed by atoms with van der Waals surface area (Å²) in [5.74, 6) is -1.10. The van der Waals surface area contributed by atoms with E-state index < -0.39 is 23.5 Å². The third kappa shape index (κ3) is 3.68. The van der Waals surface area contributed by atoms with E-state index in [9.17, 15) is 9.59 Å². The molecule has 0 aromatic carbocycles. The van der Waals surface area contributed by atoms with Gasteiger partial charge < -0.3 is 10.4 Å². The Balaban J connectivity index is 2.65. The van der Waals surface area contributed by atoms with Gasteiger partial charge in [-0.15, -0.1) is 5.10 Å². The lowest BCUT2D eigenvalue weighted by Gasteiger charge is -2.27. The van der Waals surface area contributed by atoms with Gasteiger partial charge in [-0.25, -0.2) is 9.59 Å². The van der Waals surface area contributed by atoms with Crippen LogP contribution >= 0.6 is 0 Å². The van der Waals surface area contributed by atoms with E-state index in [1.165, 1.54) is 4.80 Å². The molecule has 0 saturated carbocycles. The highest BCUT2D eigenvalue weighted by Crippen LogP contribution is 2.19. The first-order valence-corrected chi connectivity index (χ1v) is 5.24. The summed E-state index contributed by atoms with van der Waals surface area (Å²) in [5.41, 5.74) is -0.612. The lowest BCUT2D eigenvalue weighted by Crippen LogP contribution is -2.50.